The Bertz CT molecular complexity index is 2170. The molecule has 0 aliphatic heterocycles. The van der Waals surface area contributed by atoms with E-state index in [9.17, 15) is 19.2 Å². The molecule has 1 aromatic heterocycles. The van der Waals surface area contributed by atoms with Crippen molar-refractivity contribution in [2.24, 2.45) is 0 Å². The Kier molecular flexibility index (Phi) is 13.5. The third-order valence-electron chi connectivity index (χ3n) is 7.91. The zero-order chi connectivity index (χ0) is 38.6. The number of methoxy groups -OCH3 is 3. The molecule has 0 fully saturated rings. The maximum atomic E-state index is 13.8. The number of nitrogens with one attached hydrogen (secondary N) is 3. The average Bonchev–Trinajstić information content (AvgIpc) is 3.60. The van der Waals surface area contributed by atoms with Crippen LogP contribution in [0.4, 0.5) is 10.7 Å². The zero-order valence-corrected chi connectivity index (χ0v) is 31.9. The Morgan fingerprint density at radius 3 is 2.19 bits per heavy atom. The lowest BCUT2D eigenvalue weighted by atomic mass is 10.0. The number of rotatable bonds is 15. The van der Waals surface area contributed by atoms with Gasteiger partial charge in [0.2, 0.25) is 5.91 Å². The summed E-state index contributed by atoms with van der Waals surface area (Å²) in [5.74, 6) is -0.708. The monoisotopic (exact) mass is 765 g/mol. The highest BCUT2D eigenvalue weighted by atomic mass is 32.2. The number of thioether (sulfide) groups is 1. The standard InChI is InChI=1S/C41H39N3O8S2/c1-6-52-41(48)37-31(26-17-15-25(2)16-18-26)23-54-40(37)44-36(45)24-53-30-14-10-13-29(21-30)42-39(47)32(43-38(46)27-11-8-7-9-12-27)19-28-20-34(50-4)35(51-5)22-33(28)49-3/h7-23H,6,24H2,1-5H3,(H,42,47)(H,43,46)(H,44,45)/b32-19+. The number of anilines is 2. The van der Waals surface area contributed by atoms with Gasteiger partial charge in [0, 0.05) is 38.7 Å². The number of carbonyl (C=O) groups is 4. The van der Waals surface area contributed by atoms with E-state index >= 15 is 0 Å². The molecule has 0 unspecified atom stereocenters. The zero-order valence-electron chi connectivity index (χ0n) is 30.3. The molecule has 278 valence electrons. The van der Waals surface area contributed by atoms with E-state index in [0.717, 1.165) is 11.1 Å². The van der Waals surface area contributed by atoms with E-state index in [1.165, 1.54) is 50.5 Å². The molecule has 0 spiro atoms. The molecule has 3 N–H and O–H groups in total. The Balaban J connectivity index is 1.33. The van der Waals surface area contributed by atoms with Crippen LogP contribution >= 0.6 is 23.1 Å². The van der Waals surface area contributed by atoms with Crippen LogP contribution in [0.15, 0.2) is 107 Å². The highest BCUT2D eigenvalue weighted by Crippen LogP contribution is 2.37. The summed E-state index contributed by atoms with van der Waals surface area (Å²) in [6, 6.07) is 26.5. The smallest absolute Gasteiger partial charge is 0.341 e. The van der Waals surface area contributed by atoms with Crippen molar-refractivity contribution >= 4 is 63.6 Å². The van der Waals surface area contributed by atoms with Gasteiger partial charge >= 0.3 is 5.97 Å². The fraction of sp³-hybridized carbons (Fsp3) is 0.171. The summed E-state index contributed by atoms with van der Waals surface area (Å²) in [5, 5.41) is 10.7. The van der Waals surface area contributed by atoms with Crippen LogP contribution in [0.25, 0.3) is 17.2 Å². The van der Waals surface area contributed by atoms with E-state index in [4.69, 9.17) is 18.9 Å². The molecule has 0 radical (unpaired) electrons. The van der Waals surface area contributed by atoms with Crippen LogP contribution in [-0.2, 0) is 14.3 Å². The minimum Gasteiger partial charge on any atom is -0.496 e. The molecule has 4 aromatic carbocycles. The van der Waals surface area contributed by atoms with Crippen LogP contribution in [0.5, 0.6) is 17.2 Å². The summed E-state index contributed by atoms with van der Waals surface area (Å²) < 4.78 is 21.7. The number of ether oxygens (including phenoxy) is 4. The summed E-state index contributed by atoms with van der Waals surface area (Å²) in [6.45, 7) is 3.91. The largest absolute Gasteiger partial charge is 0.496 e. The Hall–Kier alpha value is -6.05. The van der Waals surface area contributed by atoms with Crippen LogP contribution in [0.2, 0.25) is 0 Å². The van der Waals surface area contributed by atoms with Crippen LogP contribution in [0.1, 0.15) is 38.8 Å². The first-order valence-corrected chi connectivity index (χ1v) is 18.6. The third kappa shape index (κ3) is 9.88. The van der Waals surface area contributed by atoms with E-state index in [1.54, 1.807) is 73.7 Å². The van der Waals surface area contributed by atoms with Crippen molar-refractivity contribution in [3.8, 4) is 28.4 Å². The van der Waals surface area contributed by atoms with Gasteiger partial charge in [-0.2, -0.15) is 0 Å². The first kappa shape index (κ1) is 39.2. The predicted octanol–water partition coefficient (Wildman–Crippen LogP) is 8.07. The Morgan fingerprint density at radius 1 is 0.796 bits per heavy atom. The molecule has 11 nitrogen and oxygen atoms in total. The Labute approximate surface area is 321 Å². The molecule has 5 aromatic rings. The van der Waals surface area contributed by atoms with E-state index in [1.807, 2.05) is 36.6 Å². The van der Waals surface area contributed by atoms with E-state index in [2.05, 4.69) is 16.0 Å². The molecule has 0 aliphatic rings. The second-order valence-corrected chi connectivity index (χ2v) is 13.5. The number of amides is 3. The quantitative estimate of drug-likeness (QED) is 0.0548. The van der Waals surface area contributed by atoms with Crippen LogP contribution in [0, 0.1) is 6.92 Å². The van der Waals surface area contributed by atoms with Crippen molar-refractivity contribution in [1.82, 2.24) is 5.32 Å². The lowest BCUT2D eigenvalue weighted by Crippen LogP contribution is -2.30. The molecule has 0 bridgehead atoms. The average molecular weight is 766 g/mol. The molecular formula is C41H39N3O8S2. The van der Waals surface area contributed by atoms with E-state index in [0.29, 0.717) is 55.1 Å². The third-order valence-corrected chi connectivity index (χ3v) is 9.80. The van der Waals surface area contributed by atoms with Crippen molar-refractivity contribution in [3.05, 3.63) is 124 Å². The molecule has 1 heterocycles. The number of carbonyl (C=O) groups excluding carboxylic acids is 4. The van der Waals surface area contributed by atoms with E-state index in [-0.39, 0.29) is 24.0 Å². The van der Waals surface area contributed by atoms with Crippen LogP contribution in [-0.4, -0.2) is 57.4 Å². The molecule has 54 heavy (non-hydrogen) atoms. The van der Waals surface area contributed by atoms with Crippen LogP contribution in [0.3, 0.4) is 0 Å². The maximum Gasteiger partial charge on any atom is 0.341 e. The fourth-order valence-corrected chi connectivity index (χ4v) is 6.97. The minimum absolute atomic E-state index is 0.0226. The van der Waals surface area contributed by atoms with Gasteiger partial charge in [0.15, 0.2) is 11.5 Å². The first-order valence-electron chi connectivity index (χ1n) is 16.7. The van der Waals surface area contributed by atoms with Gasteiger partial charge in [-0.3, -0.25) is 14.4 Å². The number of esters is 1. The number of hydrogen-bond donors (Lipinski definition) is 3. The van der Waals surface area contributed by atoms with Crippen LogP contribution < -0.4 is 30.2 Å². The molecule has 5 rings (SSSR count). The molecule has 0 atom stereocenters. The van der Waals surface area contributed by atoms with Gasteiger partial charge in [-0.25, -0.2) is 4.79 Å². The van der Waals surface area contributed by atoms with Gasteiger partial charge in [-0.15, -0.1) is 23.1 Å². The molecule has 0 saturated carbocycles. The van der Waals surface area contributed by atoms with Gasteiger partial charge in [0.05, 0.1) is 33.7 Å². The van der Waals surface area contributed by atoms with Gasteiger partial charge in [0.25, 0.3) is 11.8 Å². The van der Waals surface area contributed by atoms with Gasteiger partial charge in [0.1, 0.15) is 22.0 Å². The number of benzene rings is 4. The summed E-state index contributed by atoms with van der Waals surface area (Å²) >= 11 is 2.50. The first-order chi connectivity index (χ1) is 26.1. The van der Waals surface area contributed by atoms with Gasteiger partial charge < -0.3 is 34.9 Å². The lowest BCUT2D eigenvalue weighted by molar-refractivity contribution is -0.114. The number of aryl methyl sites for hydroxylation is 1. The minimum atomic E-state index is -0.607. The molecule has 3 amide bonds. The molecule has 13 heteroatoms. The van der Waals surface area contributed by atoms with Gasteiger partial charge in [-0.05, 0) is 61.9 Å². The lowest BCUT2D eigenvalue weighted by Gasteiger charge is -2.15. The fourth-order valence-electron chi connectivity index (χ4n) is 5.24. The molecular weight excluding hydrogens is 727 g/mol. The summed E-state index contributed by atoms with van der Waals surface area (Å²) in [7, 11) is 4.47. The van der Waals surface area contributed by atoms with Crippen molar-refractivity contribution in [2.75, 3.05) is 44.3 Å². The topological polar surface area (TPSA) is 141 Å². The van der Waals surface area contributed by atoms with Gasteiger partial charge in [-0.1, -0.05) is 54.1 Å². The summed E-state index contributed by atoms with van der Waals surface area (Å²) in [4.78, 5) is 53.9. The molecule has 0 aliphatic carbocycles. The number of thiophene rings is 1. The highest BCUT2D eigenvalue weighted by molar-refractivity contribution is 8.00. The molecule has 0 saturated heterocycles. The SMILES string of the molecule is CCOC(=O)c1c(-c2ccc(C)cc2)csc1NC(=O)CSc1cccc(NC(=O)/C(=C\c2cc(OC)c(OC)cc2OC)NC(=O)c2ccccc2)c1. The number of hydrogen-bond acceptors (Lipinski definition) is 10. The normalized spacial score (nSPS) is 10.9. The maximum absolute atomic E-state index is 13.8. The second kappa shape index (κ2) is 18.6. The second-order valence-electron chi connectivity index (χ2n) is 11.6. The highest BCUT2D eigenvalue weighted by Gasteiger charge is 2.23. The van der Waals surface area contributed by atoms with Crippen molar-refractivity contribution in [2.45, 2.75) is 18.7 Å². The predicted molar refractivity (Wildman–Crippen MR) is 213 cm³/mol. The van der Waals surface area contributed by atoms with E-state index < -0.39 is 17.8 Å². The van der Waals surface area contributed by atoms with Crippen molar-refractivity contribution < 1.29 is 38.1 Å². The van der Waals surface area contributed by atoms with Crippen molar-refractivity contribution in [3.63, 3.8) is 0 Å². The Morgan fingerprint density at radius 2 is 1.50 bits per heavy atom. The van der Waals surface area contributed by atoms with Crippen molar-refractivity contribution in [1.29, 1.82) is 0 Å². The summed E-state index contributed by atoms with van der Waals surface area (Å²) in [6.07, 6.45) is 1.49. The summed E-state index contributed by atoms with van der Waals surface area (Å²) in [5.41, 5.74) is 4.09.